The Hall–Kier alpha value is -3.60. The summed E-state index contributed by atoms with van der Waals surface area (Å²) in [6.07, 6.45) is 0.871. The zero-order valence-electron chi connectivity index (χ0n) is 17.7. The van der Waals surface area contributed by atoms with Crippen LogP contribution in [0, 0.1) is 0 Å². The van der Waals surface area contributed by atoms with E-state index in [0.29, 0.717) is 23.6 Å². The normalized spacial score (nSPS) is 13.4. The van der Waals surface area contributed by atoms with Crippen LogP contribution in [0.2, 0.25) is 0 Å². The van der Waals surface area contributed by atoms with Gasteiger partial charge < -0.3 is 15.4 Å². The molecule has 1 aliphatic rings. The van der Waals surface area contributed by atoms with Crippen LogP contribution < -0.4 is 15.4 Å². The molecule has 1 unspecified atom stereocenters. The topological polar surface area (TPSA) is 67.4 Å². The highest BCUT2D eigenvalue weighted by Crippen LogP contribution is 2.43. The second kappa shape index (κ2) is 9.04. The van der Waals surface area contributed by atoms with E-state index in [9.17, 15) is 9.59 Å². The van der Waals surface area contributed by atoms with Crippen molar-refractivity contribution in [2.24, 2.45) is 0 Å². The summed E-state index contributed by atoms with van der Waals surface area (Å²) >= 11 is 0. The van der Waals surface area contributed by atoms with E-state index in [1.165, 1.54) is 0 Å². The number of amides is 2. The van der Waals surface area contributed by atoms with E-state index < -0.39 is 5.92 Å². The number of hydrogen-bond acceptors (Lipinski definition) is 3. The van der Waals surface area contributed by atoms with Crippen molar-refractivity contribution in [3.8, 4) is 11.5 Å². The van der Waals surface area contributed by atoms with Gasteiger partial charge in [0.1, 0.15) is 11.5 Å². The minimum absolute atomic E-state index is 0.0994. The van der Waals surface area contributed by atoms with Crippen molar-refractivity contribution in [3.63, 3.8) is 0 Å². The molecule has 2 N–H and O–H groups in total. The van der Waals surface area contributed by atoms with Gasteiger partial charge in [0.15, 0.2) is 0 Å². The number of carbonyl (C=O) groups excluding carboxylic acids is 2. The standard InChI is InChI=1S/C26H26N2O3/c1-3-17(2)28-25(29)19-10-8-9-18(15-19)16-27-26(30)24-20-11-4-6-13-22(20)31-23-14-7-5-12-21(23)24/h4-15,17,24H,3,16H2,1-2H3,(H,27,30)(H,28,29). The van der Waals surface area contributed by atoms with E-state index in [4.69, 9.17) is 4.74 Å². The van der Waals surface area contributed by atoms with Crippen molar-refractivity contribution in [2.75, 3.05) is 0 Å². The maximum atomic E-state index is 13.3. The molecule has 0 bridgehead atoms. The number of fused-ring (bicyclic) bond motifs is 2. The third-order valence-electron chi connectivity index (χ3n) is 5.59. The summed E-state index contributed by atoms with van der Waals surface area (Å²) in [6, 6.07) is 22.7. The molecular formula is C26H26N2O3. The Morgan fingerprint density at radius 1 is 0.935 bits per heavy atom. The van der Waals surface area contributed by atoms with Gasteiger partial charge in [0.25, 0.3) is 5.91 Å². The average Bonchev–Trinajstić information content (AvgIpc) is 2.81. The molecule has 1 heterocycles. The number of carbonyl (C=O) groups is 2. The molecule has 31 heavy (non-hydrogen) atoms. The number of benzene rings is 3. The third kappa shape index (κ3) is 4.45. The second-order valence-electron chi connectivity index (χ2n) is 7.81. The maximum Gasteiger partial charge on any atom is 0.251 e. The van der Waals surface area contributed by atoms with Gasteiger partial charge in [-0.3, -0.25) is 9.59 Å². The average molecular weight is 415 g/mol. The van der Waals surface area contributed by atoms with Gasteiger partial charge in [0.2, 0.25) is 5.91 Å². The lowest BCUT2D eigenvalue weighted by Gasteiger charge is -2.27. The molecule has 5 heteroatoms. The Morgan fingerprint density at radius 2 is 1.58 bits per heavy atom. The lowest BCUT2D eigenvalue weighted by Crippen LogP contribution is -2.32. The van der Waals surface area contributed by atoms with Crippen molar-refractivity contribution in [1.29, 1.82) is 0 Å². The molecule has 3 aromatic carbocycles. The first-order valence-electron chi connectivity index (χ1n) is 10.6. The van der Waals surface area contributed by atoms with Crippen LogP contribution in [0.15, 0.2) is 72.8 Å². The molecule has 5 nitrogen and oxygen atoms in total. The fourth-order valence-electron chi connectivity index (χ4n) is 3.72. The molecule has 1 aliphatic heterocycles. The number of ether oxygens (including phenoxy) is 1. The molecule has 0 saturated carbocycles. The first kappa shape index (κ1) is 20.7. The number of hydrogen-bond donors (Lipinski definition) is 2. The molecule has 3 aromatic rings. The molecule has 0 aromatic heterocycles. The molecule has 4 rings (SSSR count). The molecule has 1 atom stereocenters. The number of nitrogens with one attached hydrogen (secondary N) is 2. The molecule has 0 aliphatic carbocycles. The summed E-state index contributed by atoms with van der Waals surface area (Å²) in [5, 5.41) is 6.01. The molecular weight excluding hydrogens is 388 g/mol. The van der Waals surface area contributed by atoms with Gasteiger partial charge >= 0.3 is 0 Å². The summed E-state index contributed by atoms with van der Waals surface area (Å²) in [5.74, 6) is 0.751. The summed E-state index contributed by atoms with van der Waals surface area (Å²) in [5.41, 5.74) is 3.16. The summed E-state index contributed by atoms with van der Waals surface area (Å²) in [6.45, 7) is 4.35. The molecule has 0 fully saturated rings. The zero-order valence-corrected chi connectivity index (χ0v) is 17.7. The predicted octanol–water partition coefficient (Wildman–Crippen LogP) is 4.77. The van der Waals surface area contributed by atoms with Crippen molar-refractivity contribution < 1.29 is 14.3 Å². The quantitative estimate of drug-likeness (QED) is 0.611. The second-order valence-corrected chi connectivity index (χ2v) is 7.81. The Bertz CT molecular complexity index is 1060. The van der Waals surface area contributed by atoms with Gasteiger partial charge in [-0.1, -0.05) is 55.5 Å². The van der Waals surface area contributed by atoms with E-state index in [-0.39, 0.29) is 17.9 Å². The van der Waals surface area contributed by atoms with Crippen molar-refractivity contribution >= 4 is 11.8 Å². The lowest BCUT2D eigenvalue weighted by molar-refractivity contribution is -0.122. The minimum atomic E-state index is -0.446. The van der Waals surface area contributed by atoms with Crippen LogP contribution in [0.1, 0.15) is 53.2 Å². The van der Waals surface area contributed by atoms with Crippen LogP contribution in [0.25, 0.3) is 0 Å². The SMILES string of the molecule is CCC(C)NC(=O)c1cccc(CNC(=O)C2c3ccccc3Oc3ccccc32)c1. The van der Waals surface area contributed by atoms with Crippen LogP contribution in [-0.2, 0) is 11.3 Å². The van der Waals surface area contributed by atoms with Gasteiger partial charge in [-0.15, -0.1) is 0 Å². The molecule has 0 spiro atoms. The summed E-state index contributed by atoms with van der Waals surface area (Å²) < 4.78 is 5.98. The van der Waals surface area contributed by atoms with E-state index in [1.54, 1.807) is 6.07 Å². The van der Waals surface area contributed by atoms with Crippen LogP contribution in [0.3, 0.4) is 0 Å². The highest BCUT2D eigenvalue weighted by molar-refractivity contribution is 5.94. The van der Waals surface area contributed by atoms with Gasteiger partial charge in [-0.25, -0.2) is 0 Å². The van der Waals surface area contributed by atoms with Gasteiger partial charge in [0.05, 0.1) is 5.92 Å². The molecule has 2 amide bonds. The number of para-hydroxylation sites is 2. The molecule has 0 radical (unpaired) electrons. The summed E-state index contributed by atoms with van der Waals surface area (Å²) in [7, 11) is 0. The van der Waals surface area contributed by atoms with Crippen LogP contribution >= 0.6 is 0 Å². The van der Waals surface area contributed by atoms with E-state index >= 15 is 0 Å². The molecule has 158 valence electrons. The fourth-order valence-corrected chi connectivity index (χ4v) is 3.72. The first-order chi connectivity index (χ1) is 15.1. The lowest BCUT2D eigenvalue weighted by atomic mass is 9.87. The zero-order chi connectivity index (χ0) is 21.8. The Balaban J connectivity index is 1.51. The Labute approximate surface area is 182 Å². The number of rotatable bonds is 6. The predicted molar refractivity (Wildman–Crippen MR) is 120 cm³/mol. The minimum Gasteiger partial charge on any atom is -0.457 e. The van der Waals surface area contributed by atoms with Crippen molar-refractivity contribution in [3.05, 3.63) is 95.1 Å². The monoisotopic (exact) mass is 414 g/mol. The highest BCUT2D eigenvalue weighted by Gasteiger charge is 2.32. The van der Waals surface area contributed by atoms with Crippen molar-refractivity contribution in [2.45, 2.75) is 38.8 Å². The van der Waals surface area contributed by atoms with E-state index in [2.05, 4.69) is 10.6 Å². The fraction of sp³-hybridized carbons (Fsp3) is 0.231. The van der Waals surface area contributed by atoms with Crippen LogP contribution in [0.5, 0.6) is 11.5 Å². The van der Waals surface area contributed by atoms with Crippen molar-refractivity contribution in [1.82, 2.24) is 10.6 Å². The Kier molecular flexibility index (Phi) is 6.03. The van der Waals surface area contributed by atoms with Gasteiger partial charge in [-0.05, 0) is 43.2 Å². The smallest absolute Gasteiger partial charge is 0.251 e. The van der Waals surface area contributed by atoms with E-state index in [0.717, 1.165) is 23.1 Å². The largest absolute Gasteiger partial charge is 0.457 e. The van der Waals surface area contributed by atoms with Crippen LogP contribution in [0.4, 0.5) is 0 Å². The van der Waals surface area contributed by atoms with Gasteiger partial charge in [0, 0.05) is 29.3 Å². The van der Waals surface area contributed by atoms with E-state index in [1.807, 2.05) is 80.6 Å². The Morgan fingerprint density at radius 3 is 2.23 bits per heavy atom. The molecule has 0 saturated heterocycles. The summed E-state index contributed by atoms with van der Waals surface area (Å²) in [4.78, 5) is 25.7. The highest BCUT2D eigenvalue weighted by atomic mass is 16.5. The maximum absolute atomic E-state index is 13.3. The van der Waals surface area contributed by atoms with Gasteiger partial charge in [-0.2, -0.15) is 0 Å². The first-order valence-corrected chi connectivity index (χ1v) is 10.6. The van der Waals surface area contributed by atoms with Crippen LogP contribution in [-0.4, -0.2) is 17.9 Å². The third-order valence-corrected chi connectivity index (χ3v) is 5.59.